The Hall–Kier alpha value is -2.49. The standard InChI is InChI=1S/C19H17ClN2O5S2/c1-3-27-17(24)10-22-13-6-4-11(18(25)26-2)8-14(13)29-19(22)21-16(23)9-12-5-7-15(20)28-12/h4-8H,3,9-10H2,1-2H3. The number of hydrogen-bond acceptors (Lipinski definition) is 7. The first-order valence-corrected chi connectivity index (χ1v) is 10.6. The summed E-state index contributed by atoms with van der Waals surface area (Å²) in [5, 5.41) is 0. The lowest BCUT2D eigenvalue weighted by molar-refractivity contribution is -0.143. The first-order chi connectivity index (χ1) is 13.9. The summed E-state index contributed by atoms with van der Waals surface area (Å²) in [5.74, 6) is -1.27. The Bertz CT molecular complexity index is 1150. The summed E-state index contributed by atoms with van der Waals surface area (Å²) in [6.07, 6.45) is 0.110. The Morgan fingerprint density at radius 2 is 1.97 bits per heavy atom. The smallest absolute Gasteiger partial charge is 0.337 e. The monoisotopic (exact) mass is 452 g/mol. The molecule has 3 aromatic rings. The highest BCUT2D eigenvalue weighted by Gasteiger charge is 2.15. The average Bonchev–Trinajstić information content (AvgIpc) is 3.24. The summed E-state index contributed by atoms with van der Waals surface area (Å²) < 4.78 is 12.7. The number of aromatic nitrogens is 1. The van der Waals surface area contributed by atoms with Gasteiger partial charge in [0, 0.05) is 4.88 Å². The number of thiophene rings is 1. The molecule has 2 aromatic heterocycles. The van der Waals surface area contributed by atoms with Crippen LogP contribution in [0.25, 0.3) is 10.2 Å². The number of nitrogens with zero attached hydrogens (tertiary/aromatic N) is 2. The van der Waals surface area contributed by atoms with Crippen molar-refractivity contribution >= 4 is 62.3 Å². The number of carbonyl (C=O) groups is 3. The van der Waals surface area contributed by atoms with E-state index in [4.69, 9.17) is 21.1 Å². The highest BCUT2D eigenvalue weighted by Crippen LogP contribution is 2.22. The molecule has 0 spiro atoms. The van der Waals surface area contributed by atoms with Crippen molar-refractivity contribution in [1.82, 2.24) is 4.57 Å². The number of carbonyl (C=O) groups excluding carboxylic acids is 3. The lowest BCUT2D eigenvalue weighted by Crippen LogP contribution is -2.23. The highest BCUT2D eigenvalue weighted by atomic mass is 35.5. The van der Waals surface area contributed by atoms with Gasteiger partial charge < -0.3 is 14.0 Å². The number of benzene rings is 1. The fraction of sp³-hybridized carbons (Fsp3) is 0.263. The van der Waals surface area contributed by atoms with Gasteiger partial charge in [0.05, 0.1) is 40.3 Å². The van der Waals surface area contributed by atoms with Crippen molar-refractivity contribution in [3.63, 3.8) is 0 Å². The molecular formula is C19H17ClN2O5S2. The number of hydrogen-bond donors (Lipinski definition) is 0. The van der Waals surface area contributed by atoms with E-state index < -0.39 is 11.9 Å². The van der Waals surface area contributed by atoms with Gasteiger partial charge in [-0.25, -0.2) is 4.79 Å². The summed E-state index contributed by atoms with van der Waals surface area (Å²) >= 11 is 8.43. The van der Waals surface area contributed by atoms with Crippen molar-refractivity contribution in [3.8, 4) is 0 Å². The van der Waals surface area contributed by atoms with Gasteiger partial charge in [0.15, 0.2) is 4.80 Å². The molecule has 0 aliphatic rings. The predicted octanol–water partition coefficient (Wildman–Crippen LogP) is 3.44. The van der Waals surface area contributed by atoms with Crippen LogP contribution in [-0.2, 0) is 32.0 Å². The summed E-state index contributed by atoms with van der Waals surface area (Å²) in [6.45, 7) is 1.87. The van der Waals surface area contributed by atoms with Gasteiger partial charge in [-0.05, 0) is 37.3 Å². The molecule has 0 saturated carbocycles. The Morgan fingerprint density at radius 3 is 2.62 bits per heavy atom. The quantitative estimate of drug-likeness (QED) is 0.535. The molecule has 1 aromatic carbocycles. The molecule has 10 heteroatoms. The van der Waals surface area contributed by atoms with E-state index in [2.05, 4.69) is 4.99 Å². The Balaban J connectivity index is 2.03. The lowest BCUT2D eigenvalue weighted by Gasteiger charge is -2.05. The fourth-order valence-corrected chi connectivity index (χ4v) is 4.80. The van der Waals surface area contributed by atoms with Crippen LogP contribution in [-0.4, -0.2) is 36.1 Å². The predicted molar refractivity (Wildman–Crippen MR) is 111 cm³/mol. The number of fused-ring (bicyclic) bond motifs is 1. The minimum atomic E-state index is -0.471. The lowest BCUT2D eigenvalue weighted by atomic mass is 10.2. The third-order valence-corrected chi connectivity index (χ3v) is 6.14. The number of amides is 1. The van der Waals surface area contributed by atoms with Crippen LogP contribution in [0.4, 0.5) is 0 Å². The third-order valence-electron chi connectivity index (χ3n) is 3.87. The van der Waals surface area contributed by atoms with E-state index in [0.717, 1.165) is 4.88 Å². The van der Waals surface area contributed by atoms with Gasteiger partial charge in [0.1, 0.15) is 6.54 Å². The first kappa shape index (κ1) is 21.2. The molecule has 3 rings (SSSR count). The first-order valence-electron chi connectivity index (χ1n) is 8.60. The summed E-state index contributed by atoms with van der Waals surface area (Å²) in [5.41, 5.74) is 1.04. The van der Waals surface area contributed by atoms with Gasteiger partial charge in [0.2, 0.25) is 0 Å². The molecular weight excluding hydrogens is 436 g/mol. The Labute approximate surface area is 179 Å². The molecule has 0 fully saturated rings. The van der Waals surface area contributed by atoms with Gasteiger partial charge >= 0.3 is 11.9 Å². The van der Waals surface area contributed by atoms with Crippen molar-refractivity contribution in [3.05, 3.63) is 49.9 Å². The molecule has 0 radical (unpaired) electrons. The number of methoxy groups -OCH3 is 1. The number of ether oxygens (including phenoxy) is 2. The molecule has 0 aliphatic heterocycles. The van der Waals surface area contributed by atoms with Crippen molar-refractivity contribution in [2.24, 2.45) is 4.99 Å². The molecule has 0 bridgehead atoms. The minimum Gasteiger partial charge on any atom is -0.465 e. The van der Waals surface area contributed by atoms with Gasteiger partial charge in [-0.1, -0.05) is 22.9 Å². The van der Waals surface area contributed by atoms with Gasteiger partial charge in [-0.15, -0.1) is 11.3 Å². The number of esters is 2. The molecule has 2 heterocycles. The molecule has 0 aliphatic carbocycles. The van der Waals surface area contributed by atoms with Crippen LogP contribution in [0.5, 0.6) is 0 Å². The SMILES string of the molecule is CCOC(=O)Cn1c(=NC(=O)Cc2ccc(Cl)s2)sc2cc(C(=O)OC)ccc21. The van der Waals surface area contributed by atoms with Gasteiger partial charge in [-0.2, -0.15) is 4.99 Å². The zero-order valence-electron chi connectivity index (χ0n) is 15.6. The van der Waals surface area contributed by atoms with E-state index in [-0.39, 0.29) is 25.5 Å². The molecule has 0 saturated heterocycles. The zero-order chi connectivity index (χ0) is 21.0. The van der Waals surface area contributed by atoms with Crippen LogP contribution in [0.3, 0.4) is 0 Å². The van der Waals surface area contributed by atoms with Gasteiger partial charge in [0.25, 0.3) is 5.91 Å². The minimum absolute atomic E-state index is 0.0949. The number of halogens is 1. The highest BCUT2D eigenvalue weighted by molar-refractivity contribution is 7.16. The second-order valence-corrected chi connectivity index (χ2v) is 8.65. The van der Waals surface area contributed by atoms with Crippen LogP contribution in [0.1, 0.15) is 22.2 Å². The largest absolute Gasteiger partial charge is 0.465 e. The third kappa shape index (κ3) is 5.11. The maximum absolute atomic E-state index is 12.5. The average molecular weight is 453 g/mol. The zero-order valence-corrected chi connectivity index (χ0v) is 18.0. The van der Waals surface area contributed by atoms with Crippen LogP contribution in [0.2, 0.25) is 4.34 Å². The fourth-order valence-electron chi connectivity index (χ4n) is 2.63. The topological polar surface area (TPSA) is 87.0 Å². The maximum Gasteiger partial charge on any atom is 0.337 e. The van der Waals surface area contributed by atoms with E-state index in [1.165, 1.54) is 29.8 Å². The van der Waals surface area contributed by atoms with Crippen molar-refractivity contribution in [1.29, 1.82) is 0 Å². The second-order valence-electron chi connectivity index (χ2n) is 5.84. The Kier molecular flexibility index (Phi) is 6.83. The summed E-state index contributed by atoms with van der Waals surface area (Å²) in [7, 11) is 1.30. The molecule has 29 heavy (non-hydrogen) atoms. The van der Waals surface area contributed by atoms with E-state index in [1.807, 2.05) is 0 Å². The van der Waals surface area contributed by atoms with Crippen molar-refractivity contribution < 1.29 is 23.9 Å². The Morgan fingerprint density at radius 1 is 1.17 bits per heavy atom. The van der Waals surface area contributed by atoms with Gasteiger partial charge in [-0.3, -0.25) is 9.59 Å². The maximum atomic E-state index is 12.5. The van der Waals surface area contributed by atoms with Crippen LogP contribution < -0.4 is 4.80 Å². The summed E-state index contributed by atoms with van der Waals surface area (Å²) in [6, 6.07) is 8.45. The van der Waals surface area contributed by atoms with E-state index in [1.54, 1.807) is 41.8 Å². The van der Waals surface area contributed by atoms with Crippen LogP contribution in [0, 0.1) is 0 Å². The molecule has 0 atom stereocenters. The number of thiazole rings is 1. The van der Waals surface area contributed by atoms with Crippen molar-refractivity contribution in [2.75, 3.05) is 13.7 Å². The molecule has 7 nitrogen and oxygen atoms in total. The second kappa shape index (κ2) is 9.34. The molecule has 0 N–H and O–H groups in total. The van der Waals surface area contributed by atoms with Crippen LogP contribution >= 0.6 is 34.3 Å². The molecule has 0 unspecified atom stereocenters. The normalized spacial score (nSPS) is 11.6. The molecule has 1 amide bonds. The van der Waals surface area contributed by atoms with Crippen LogP contribution in [0.15, 0.2) is 35.3 Å². The van der Waals surface area contributed by atoms with E-state index in [0.29, 0.717) is 24.9 Å². The number of rotatable bonds is 6. The van der Waals surface area contributed by atoms with Crippen molar-refractivity contribution in [2.45, 2.75) is 19.9 Å². The summed E-state index contributed by atoms with van der Waals surface area (Å²) in [4.78, 5) is 41.7. The van der Waals surface area contributed by atoms with E-state index in [9.17, 15) is 14.4 Å². The van der Waals surface area contributed by atoms with E-state index >= 15 is 0 Å². The molecule has 152 valence electrons.